The zero-order valence-corrected chi connectivity index (χ0v) is 9.73. The first-order chi connectivity index (χ1) is 7.73. The van der Waals surface area contributed by atoms with Gasteiger partial charge in [-0.15, -0.1) is 0 Å². The fourth-order valence-corrected chi connectivity index (χ4v) is 1.47. The Bertz CT molecular complexity index is 283. The molecule has 18 heavy (non-hydrogen) atoms. The quantitative estimate of drug-likeness (QED) is 0.559. The van der Waals surface area contributed by atoms with E-state index in [4.69, 9.17) is 0 Å². The van der Waals surface area contributed by atoms with E-state index in [1.54, 1.807) is 0 Å². The zero-order chi connectivity index (χ0) is 15.0. The maximum atomic E-state index is 13.0. The molecule has 0 aliphatic heterocycles. The molecule has 1 atom stereocenters. The molecule has 0 heterocycles. The van der Waals surface area contributed by atoms with Gasteiger partial charge in [-0.05, 0) is 6.42 Å². The zero-order valence-electron chi connectivity index (χ0n) is 8.84. The molecule has 0 aliphatic carbocycles. The van der Waals surface area contributed by atoms with Gasteiger partial charge in [0, 0.05) is 0 Å². The minimum atomic E-state index is -6.84. The largest absolute Gasteiger partial charge is 0.460 e. The van der Waals surface area contributed by atoms with E-state index < -0.39 is 35.6 Å². The van der Waals surface area contributed by atoms with Crippen LogP contribution in [0.2, 0.25) is 0 Å². The Kier molecular flexibility index (Phi) is 4.93. The molecule has 0 aromatic rings. The summed E-state index contributed by atoms with van der Waals surface area (Å²) < 4.78 is 112. The fourth-order valence-electron chi connectivity index (χ4n) is 1.05. The topological polar surface area (TPSA) is 0 Å². The Labute approximate surface area is 102 Å². The summed E-state index contributed by atoms with van der Waals surface area (Å²) in [5.74, 6) is -19.0. The Hall–Kier alpha value is -0.280. The highest BCUT2D eigenvalue weighted by Crippen LogP contribution is 2.55. The highest BCUT2D eigenvalue weighted by atomic mass is 32.1. The molecule has 0 aliphatic rings. The molecule has 10 heteroatoms. The number of alkyl halides is 9. The summed E-state index contributed by atoms with van der Waals surface area (Å²) in [7, 11) is 0. The maximum Gasteiger partial charge on any atom is 0.460 e. The van der Waals surface area contributed by atoms with Gasteiger partial charge in [-0.1, -0.05) is 13.3 Å². The molecule has 0 saturated carbocycles. The molecule has 0 spiro atoms. The van der Waals surface area contributed by atoms with Crippen molar-refractivity contribution >= 4 is 12.6 Å². The highest BCUT2D eigenvalue weighted by Gasteiger charge is 2.82. The van der Waals surface area contributed by atoms with Crippen molar-refractivity contribution in [1.29, 1.82) is 0 Å². The molecular formula is C8H9F9S. The summed E-state index contributed by atoms with van der Waals surface area (Å²) in [4.78, 5) is 0. The van der Waals surface area contributed by atoms with Gasteiger partial charge in [-0.3, -0.25) is 0 Å². The fraction of sp³-hybridized carbons (Fsp3) is 1.00. The third-order valence-corrected chi connectivity index (χ3v) is 2.73. The molecule has 110 valence electrons. The Morgan fingerprint density at radius 2 is 1.22 bits per heavy atom. The normalized spacial score (nSPS) is 16.8. The summed E-state index contributed by atoms with van der Waals surface area (Å²) >= 11 is 2.98. The molecule has 0 radical (unpaired) electrons. The van der Waals surface area contributed by atoms with Gasteiger partial charge in [-0.2, -0.15) is 52.1 Å². The van der Waals surface area contributed by atoms with Gasteiger partial charge in [0.25, 0.3) is 0 Å². The highest BCUT2D eigenvalue weighted by molar-refractivity contribution is 7.81. The second kappa shape index (κ2) is 5.01. The molecular weight excluding hydrogens is 299 g/mol. The van der Waals surface area contributed by atoms with Crippen molar-refractivity contribution in [2.75, 3.05) is 0 Å². The molecule has 1 unspecified atom stereocenters. The van der Waals surface area contributed by atoms with Crippen molar-refractivity contribution in [2.24, 2.45) is 0 Å². The van der Waals surface area contributed by atoms with E-state index in [0.29, 0.717) is 0 Å². The predicted octanol–water partition coefficient (Wildman–Crippen LogP) is 4.55. The number of hydrogen-bond acceptors (Lipinski definition) is 1. The Morgan fingerprint density at radius 1 is 0.833 bits per heavy atom. The van der Waals surface area contributed by atoms with Crippen molar-refractivity contribution < 1.29 is 39.5 Å². The smallest absolute Gasteiger partial charge is 0.198 e. The van der Waals surface area contributed by atoms with Crippen LogP contribution in [0.25, 0.3) is 0 Å². The first-order valence-electron chi connectivity index (χ1n) is 4.61. The second-order valence-corrected chi connectivity index (χ2v) is 4.20. The molecule has 0 nitrogen and oxygen atoms in total. The molecule has 0 fully saturated rings. The third kappa shape index (κ3) is 2.67. The predicted molar refractivity (Wildman–Crippen MR) is 48.6 cm³/mol. The molecule has 0 aromatic carbocycles. The van der Waals surface area contributed by atoms with Gasteiger partial charge in [-0.25, -0.2) is 0 Å². The van der Waals surface area contributed by atoms with Gasteiger partial charge in [0.1, 0.15) is 0 Å². The van der Waals surface area contributed by atoms with Crippen LogP contribution >= 0.6 is 12.6 Å². The summed E-state index contributed by atoms with van der Waals surface area (Å²) in [6, 6.07) is 0. The first kappa shape index (κ1) is 17.7. The summed E-state index contributed by atoms with van der Waals surface area (Å²) in [5, 5.41) is -2.61. The SMILES string of the molecule is CCCC(S)C(F)(F)C(F)(F)C(F)(F)C(F)(F)F. The van der Waals surface area contributed by atoms with Crippen LogP contribution in [0.5, 0.6) is 0 Å². The van der Waals surface area contributed by atoms with E-state index in [2.05, 4.69) is 12.6 Å². The second-order valence-electron chi connectivity index (χ2n) is 3.57. The maximum absolute atomic E-state index is 13.0. The molecule has 0 N–H and O–H groups in total. The lowest BCUT2D eigenvalue weighted by Crippen LogP contribution is -2.63. The average molecular weight is 308 g/mol. The standard InChI is InChI=1S/C8H9F9S/c1-2-3-4(18)5(9,10)6(11,12)7(13,14)8(15,16)17/h4,18H,2-3H2,1H3. The van der Waals surface area contributed by atoms with Crippen molar-refractivity contribution in [2.45, 2.75) is 49.0 Å². The van der Waals surface area contributed by atoms with Crippen molar-refractivity contribution in [1.82, 2.24) is 0 Å². The minimum absolute atomic E-state index is 0.128. The van der Waals surface area contributed by atoms with Crippen molar-refractivity contribution in [3.05, 3.63) is 0 Å². The Morgan fingerprint density at radius 3 is 1.50 bits per heavy atom. The number of rotatable bonds is 5. The van der Waals surface area contributed by atoms with Crippen LogP contribution in [0.3, 0.4) is 0 Å². The van der Waals surface area contributed by atoms with E-state index >= 15 is 0 Å². The monoisotopic (exact) mass is 308 g/mol. The van der Waals surface area contributed by atoms with Crippen LogP contribution in [0.4, 0.5) is 39.5 Å². The lowest BCUT2D eigenvalue weighted by atomic mass is 9.98. The van der Waals surface area contributed by atoms with Crippen LogP contribution in [-0.2, 0) is 0 Å². The molecule has 0 rings (SSSR count). The number of thiol groups is 1. The van der Waals surface area contributed by atoms with Gasteiger partial charge >= 0.3 is 23.9 Å². The van der Waals surface area contributed by atoms with Crippen LogP contribution in [0.15, 0.2) is 0 Å². The van der Waals surface area contributed by atoms with Crippen LogP contribution in [0, 0.1) is 0 Å². The van der Waals surface area contributed by atoms with Gasteiger partial charge in [0.2, 0.25) is 0 Å². The van der Waals surface area contributed by atoms with Crippen LogP contribution in [-0.4, -0.2) is 29.2 Å². The Balaban J connectivity index is 5.49. The third-order valence-electron chi connectivity index (χ3n) is 2.15. The molecule has 0 amide bonds. The molecule has 0 saturated heterocycles. The minimum Gasteiger partial charge on any atom is -0.198 e. The van der Waals surface area contributed by atoms with Crippen LogP contribution in [0.1, 0.15) is 19.8 Å². The lowest BCUT2D eigenvalue weighted by Gasteiger charge is -2.36. The van der Waals surface area contributed by atoms with Crippen LogP contribution < -0.4 is 0 Å². The van der Waals surface area contributed by atoms with Gasteiger partial charge < -0.3 is 0 Å². The van der Waals surface area contributed by atoms with E-state index in [-0.39, 0.29) is 6.42 Å². The molecule has 0 bridgehead atoms. The lowest BCUT2D eigenvalue weighted by molar-refractivity contribution is -0.395. The summed E-state index contributed by atoms with van der Waals surface area (Å²) in [6.07, 6.45) is -7.64. The average Bonchev–Trinajstić information content (AvgIpc) is 2.15. The summed E-state index contributed by atoms with van der Waals surface area (Å²) in [5.41, 5.74) is 0. The molecule has 0 aromatic heterocycles. The van der Waals surface area contributed by atoms with E-state index in [9.17, 15) is 39.5 Å². The summed E-state index contributed by atoms with van der Waals surface area (Å²) in [6.45, 7) is 1.26. The van der Waals surface area contributed by atoms with Gasteiger partial charge in [0.15, 0.2) is 0 Å². The van der Waals surface area contributed by atoms with E-state index in [1.807, 2.05) is 0 Å². The number of halogens is 9. The number of hydrogen-bond donors (Lipinski definition) is 1. The van der Waals surface area contributed by atoms with E-state index in [1.165, 1.54) is 6.92 Å². The van der Waals surface area contributed by atoms with Gasteiger partial charge in [0.05, 0.1) is 5.25 Å². The van der Waals surface area contributed by atoms with E-state index in [0.717, 1.165) is 0 Å². The van der Waals surface area contributed by atoms with Crippen molar-refractivity contribution in [3.63, 3.8) is 0 Å². The van der Waals surface area contributed by atoms with Crippen molar-refractivity contribution in [3.8, 4) is 0 Å². The first-order valence-corrected chi connectivity index (χ1v) is 5.13.